The quantitative estimate of drug-likeness (QED) is 0.571. The van der Waals surface area contributed by atoms with E-state index in [0.29, 0.717) is 0 Å². The van der Waals surface area contributed by atoms with Crippen molar-refractivity contribution in [3.05, 3.63) is 45.4 Å². The first-order chi connectivity index (χ1) is 9.66. The van der Waals surface area contributed by atoms with E-state index in [2.05, 4.69) is 69.0 Å². The second-order valence-corrected chi connectivity index (χ2v) is 3.18. The summed E-state index contributed by atoms with van der Waals surface area (Å²) >= 11 is 2.81. The van der Waals surface area contributed by atoms with Gasteiger partial charge in [-0.2, -0.15) is 0 Å². The van der Waals surface area contributed by atoms with Gasteiger partial charge in [0.1, 0.15) is 0 Å². The molecule has 0 aromatic rings. The van der Waals surface area contributed by atoms with Gasteiger partial charge in [0.2, 0.25) is 0 Å². The average molecular weight is 318 g/mol. The summed E-state index contributed by atoms with van der Waals surface area (Å²) < 4.78 is 43.3. The van der Waals surface area contributed by atoms with E-state index in [1.54, 1.807) is 7.11 Å². The van der Waals surface area contributed by atoms with Crippen molar-refractivity contribution in [1.29, 1.82) is 0 Å². The predicted octanol–water partition coefficient (Wildman–Crippen LogP) is 1.72. The fraction of sp³-hybridized carbons (Fsp3) is 0.385. The van der Waals surface area contributed by atoms with Gasteiger partial charge in [-0.05, 0) is 0 Å². The topological polar surface area (TPSA) is 109 Å². The van der Waals surface area contributed by atoms with Gasteiger partial charge in [-0.25, -0.2) is 0 Å². The maximum atomic E-state index is 7.50. The van der Waals surface area contributed by atoms with Crippen molar-refractivity contribution in [2.24, 2.45) is 5.92 Å². The Kier molecular flexibility index (Phi) is 118. The molecule has 0 bridgehead atoms. The second-order valence-electron chi connectivity index (χ2n) is 2.56. The summed E-state index contributed by atoms with van der Waals surface area (Å²) in [7, 11) is 1.66. The Morgan fingerprint density at radius 1 is 0.950 bits per heavy atom. The Morgan fingerprint density at radius 3 is 1.45 bits per heavy atom. The number of hydrogen-bond acceptors (Lipinski definition) is 1. The van der Waals surface area contributed by atoms with E-state index < -0.39 is 0 Å². The van der Waals surface area contributed by atoms with Crippen molar-refractivity contribution in [2.75, 3.05) is 7.11 Å². The summed E-state index contributed by atoms with van der Waals surface area (Å²) in [6.45, 7) is 26.9. The third-order valence-electron chi connectivity index (χ3n) is 1.06. The molecule has 0 aliphatic rings. The van der Waals surface area contributed by atoms with Crippen LogP contribution in [0.1, 0.15) is 20.3 Å². The molecule has 0 saturated heterocycles. The van der Waals surface area contributed by atoms with Crippen LogP contribution in [0.15, 0.2) is 12.2 Å². The SMILES string of the molecule is CO[C](=[Cr])/C=C/CC(C)C.[C-]#[O+].[C-]#[O+].[C-]#[O+].[C-]#[O+].[C-]#[O+]. The summed E-state index contributed by atoms with van der Waals surface area (Å²) in [5.74, 6) is 0.723. The Labute approximate surface area is 127 Å². The summed E-state index contributed by atoms with van der Waals surface area (Å²) in [4.78, 5) is 0. The molecule has 0 rings (SSSR count). The molecule has 0 aliphatic carbocycles. The first-order valence-corrected chi connectivity index (χ1v) is 5.07. The Balaban J connectivity index is -0.0000000412. The Bertz CT molecular complexity index is 261. The van der Waals surface area contributed by atoms with Gasteiger partial charge in [0.25, 0.3) is 0 Å². The Morgan fingerprint density at radius 2 is 1.25 bits per heavy atom. The molecule has 0 aliphatic heterocycles. The van der Waals surface area contributed by atoms with Crippen LogP contribution in [0.3, 0.4) is 0 Å². The van der Waals surface area contributed by atoms with Gasteiger partial charge in [-0.1, -0.05) is 0 Å². The van der Waals surface area contributed by atoms with E-state index in [0.717, 1.165) is 16.9 Å². The van der Waals surface area contributed by atoms with Crippen LogP contribution in [0.5, 0.6) is 0 Å². The first-order valence-electron chi connectivity index (χ1n) is 4.43. The van der Waals surface area contributed by atoms with Gasteiger partial charge in [-0.3, -0.25) is 0 Å². The third-order valence-corrected chi connectivity index (χ3v) is 1.54. The zero-order valence-electron chi connectivity index (χ0n) is 11.3. The summed E-state index contributed by atoms with van der Waals surface area (Å²) in [5.41, 5.74) is 0. The Hall–Kier alpha value is -1.20. The summed E-state index contributed by atoms with van der Waals surface area (Å²) in [6, 6.07) is 0. The predicted molar refractivity (Wildman–Crippen MR) is 60.3 cm³/mol. The molecule has 0 heterocycles. The van der Waals surface area contributed by atoms with E-state index in [1.165, 1.54) is 0 Å². The number of methoxy groups -OCH3 is 1. The molecule has 0 fully saturated rings. The van der Waals surface area contributed by atoms with Crippen LogP contribution in [-0.2, 0) is 43.8 Å². The summed E-state index contributed by atoms with van der Waals surface area (Å²) in [5, 5.41) is 0. The standard InChI is InChI=1S/C8H14O.5CO.Cr/c1-8(2)6-4-5-7-9-3;5*1-2;/h4-5,8H,6H2,1-3H3;;;;;;/b5-4+;;;;;;. The molecule has 0 saturated carbocycles. The zero-order valence-corrected chi connectivity index (χ0v) is 12.6. The minimum atomic E-state index is 0.723. The van der Waals surface area contributed by atoms with Crippen molar-refractivity contribution >= 4 is 4.57 Å². The van der Waals surface area contributed by atoms with E-state index >= 15 is 0 Å². The average Bonchev–Trinajstić information content (AvgIpc) is 2.56. The minimum absolute atomic E-state index is 0.723. The first kappa shape index (κ1) is 36.4. The number of hydrogen-bond donors (Lipinski definition) is 0. The molecule has 0 aromatic heterocycles. The second kappa shape index (κ2) is 64.9. The van der Waals surface area contributed by atoms with E-state index in [9.17, 15) is 0 Å². The maximum absolute atomic E-state index is 7.50. The molecule has 0 N–H and O–H groups in total. The van der Waals surface area contributed by atoms with Gasteiger partial charge in [-0.15, -0.1) is 0 Å². The van der Waals surface area contributed by atoms with Crippen LogP contribution in [0, 0.1) is 39.2 Å². The number of ether oxygens (including phenoxy) is 1. The van der Waals surface area contributed by atoms with Gasteiger partial charge >= 0.3 is 127 Å². The molecule has 0 aromatic carbocycles. The van der Waals surface area contributed by atoms with Crippen molar-refractivity contribution in [1.82, 2.24) is 0 Å². The van der Waals surface area contributed by atoms with Gasteiger partial charge in [0.05, 0.1) is 0 Å². The van der Waals surface area contributed by atoms with Crippen LogP contribution in [0.4, 0.5) is 0 Å². The normalized spacial score (nSPS) is 6.10. The molecule has 0 radical (unpaired) electrons. The molecule has 0 amide bonds. The third kappa shape index (κ3) is 90.7. The van der Waals surface area contributed by atoms with Gasteiger partial charge in [0.15, 0.2) is 0 Å². The zero-order chi connectivity index (χ0) is 18.0. The number of allylic oxidation sites excluding steroid dienone is 1. The fourth-order valence-corrected chi connectivity index (χ4v) is 0.655. The summed E-state index contributed by atoms with van der Waals surface area (Å²) in [6.07, 6.45) is 5.18. The van der Waals surface area contributed by atoms with Crippen molar-refractivity contribution in [2.45, 2.75) is 20.3 Å². The van der Waals surface area contributed by atoms with Crippen LogP contribution in [0.2, 0.25) is 0 Å². The van der Waals surface area contributed by atoms with Gasteiger partial charge in [0, 0.05) is 0 Å². The molecular weight excluding hydrogens is 304 g/mol. The number of rotatable bonds is 4. The van der Waals surface area contributed by atoms with Crippen molar-refractivity contribution in [3.8, 4) is 0 Å². The van der Waals surface area contributed by atoms with Crippen LogP contribution >= 0.6 is 0 Å². The molecule has 20 heavy (non-hydrogen) atoms. The molecule has 6 nitrogen and oxygen atoms in total. The molecule has 0 unspecified atom stereocenters. The van der Waals surface area contributed by atoms with Crippen LogP contribution in [0.25, 0.3) is 0 Å². The fourth-order valence-electron chi connectivity index (χ4n) is 0.504. The van der Waals surface area contributed by atoms with E-state index in [-0.39, 0.29) is 0 Å². The molecule has 0 atom stereocenters. The van der Waals surface area contributed by atoms with E-state index in [4.69, 9.17) is 28.0 Å². The monoisotopic (exact) mass is 318 g/mol. The molecule has 0 spiro atoms. The molecular formula is C13H14CrO6. The van der Waals surface area contributed by atoms with Crippen LogP contribution < -0.4 is 0 Å². The van der Waals surface area contributed by atoms with Crippen molar-refractivity contribution < 1.29 is 43.8 Å². The van der Waals surface area contributed by atoms with Gasteiger partial charge < -0.3 is 0 Å². The molecule has 7 heteroatoms. The van der Waals surface area contributed by atoms with E-state index in [1.807, 2.05) is 6.08 Å². The van der Waals surface area contributed by atoms with Crippen LogP contribution in [-0.4, -0.2) is 11.7 Å². The molecule has 108 valence electrons. The van der Waals surface area contributed by atoms with Crippen molar-refractivity contribution in [3.63, 3.8) is 0 Å².